The maximum absolute atomic E-state index is 12.2. The van der Waals surface area contributed by atoms with E-state index in [-0.39, 0.29) is 16.6 Å². The van der Waals surface area contributed by atoms with E-state index in [1.54, 1.807) is 7.05 Å². The molecule has 0 saturated carbocycles. The zero-order valence-electron chi connectivity index (χ0n) is 12.7. The second-order valence-corrected chi connectivity index (χ2v) is 7.61. The minimum absolute atomic E-state index is 0.0358. The lowest BCUT2D eigenvalue weighted by Crippen LogP contribution is -2.38. The van der Waals surface area contributed by atoms with Crippen LogP contribution in [0.2, 0.25) is 0 Å². The zero-order chi connectivity index (χ0) is 15.5. The van der Waals surface area contributed by atoms with Gasteiger partial charge in [-0.1, -0.05) is 13.3 Å². The Labute approximate surface area is 126 Å². The first-order valence-corrected chi connectivity index (χ1v) is 8.88. The number of rotatable bonds is 6. The molecule has 1 fully saturated rings. The van der Waals surface area contributed by atoms with Crippen LogP contribution in [0.5, 0.6) is 0 Å². The summed E-state index contributed by atoms with van der Waals surface area (Å²) >= 11 is 0. The maximum Gasteiger partial charge on any atom is 0.245 e. The summed E-state index contributed by atoms with van der Waals surface area (Å²) in [5.41, 5.74) is 5.62. The SMILES string of the molecule is CC(CNS(=O)(=O)c1cn(C)nc1N)CN1CCCCC1. The van der Waals surface area contributed by atoms with Crippen LogP contribution in [0.3, 0.4) is 0 Å². The Morgan fingerprint density at radius 2 is 2.05 bits per heavy atom. The lowest BCUT2D eigenvalue weighted by molar-refractivity contribution is 0.201. The molecule has 1 aromatic rings. The molecule has 1 saturated heterocycles. The molecule has 1 aromatic heterocycles. The van der Waals surface area contributed by atoms with Crippen LogP contribution >= 0.6 is 0 Å². The molecule has 21 heavy (non-hydrogen) atoms. The molecule has 120 valence electrons. The molecule has 2 rings (SSSR count). The van der Waals surface area contributed by atoms with Crippen LogP contribution < -0.4 is 10.5 Å². The van der Waals surface area contributed by atoms with E-state index in [1.165, 1.54) is 30.1 Å². The molecule has 3 N–H and O–H groups in total. The summed E-state index contributed by atoms with van der Waals surface area (Å²) in [7, 11) is -1.94. The third kappa shape index (κ3) is 4.42. The van der Waals surface area contributed by atoms with Gasteiger partial charge in [-0.2, -0.15) is 5.10 Å². The number of anilines is 1. The highest BCUT2D eigenvalue weighted by atomic mass is 32.2. The van der Waals surface area contributed by atoms with E-state index in [0.29, 0.717) is 6.54 Å². The number of aryl methyl sites for hydroxylation is 1. The summed E-state index contributed by atoms with van der Waals surface area (Å²) in [6.45, 7) is 5.63. The molecule has 7 nitrogen and oxygen atoms in total. The number of nitrogen functional groups attached to an aromatic ring is 1. The van der Waals surface area contributed by atoms with Gasteiger partial charge in [0.05, 0.1) is 0 Å². The first-order chi connectivity index (χ1) is 9.88. The predicted molar refractivity (Wildman–Crippen MR) is 82.3 cm³/mol. The summed E-state index contributed by atoms with van der Waals surface area (Å²) in [6.07, 6.45) is 5.21. The van der Waals surface area contributed by atoms with Crippen molar-refractivity contribution in [3.05, 3.63) is 6.20 Å². The van der Waals surface area contributed by atoms with E-state index < -0.39 is 10.0 Å². The van der Waals surface area contributed by atoms with Crippen molar-refractivity contribution >= 4 is 15.8 Å². The van der Waals surface area contributed by atoms with Crippen LogP contribution in [0.4, 0.5) is 5.82 Å². The summed E-state index contributed by atoms with van der Waals surface area (Å²) < 4.78 is 28.4. The monoisotopic (exact) mass is 315 g/mol. The number of hydrogen-bond acceptors (Lipinski definition) is 5. The van der Waals surface area contributed by atoms with Crippen molar-refractivity contribution in [2.24, 2.45) is 13.0 Å². The Bertz CT molecular complexity index is 563. The number of nitrogens with one attached hydrogen (secondary N) is 1. The van der Waals surface area contributed by atoms with Gasteiger partial charge in [-0.3, -0.25) is 4.68 Å². The van der Waals surface area contributed by atoms with E-state index in [9.17, 15) is 8.42 Å². The van der Waals surface area contributed by atoms with Gasteiger partial charge in [-0.15, -0.1) is 0 Å². The van der Waals surface area contributed by atoms with Crippen LogP contribution in [-0.2, 0) is 17.1 Å². The average molecular weight is 315 g/mol. The number of piperidine rings is 1. The number of likely N-dealkylation sites (tertiary alicyclic amines) is 1. The first kappa shape index (κ1) is 16.3. The summed E-state index contributed by atoms with van der Waals surface area (Å²) in [6, 6.07) is 0. The smallest absolute Gasteiger partial charge is 0.245 e. The fourth-order valence-corrected chi connectivity index (χ4v) is 3.93. The van der Waals surface area contributed by atoms with Gasteiger partial charge < -0.3 is 10.6 Å². The highest BCUT2D eigenvalue weighted by molar-refractivity contribution is 7.89. The number of aromatic nitrogens is 2. The number of nitrogens with two attached hydrogens (primary N) is 1. The third-order valence-electron chi connectivity index (χ3n) is 3.75. The fraction of sp³-hybridized carbons (Fsp3) is 0.769. The van der Waals surface area contributed by atoms with E-state index in [0.717, 1.165) is 19.6 Å². The van der Waals surface area contributed by atoms with Gasteiger partial charge in [0.1, 0.15) is 4.90 Å². The standard InChI is InChI=1S/C13H25N5O2S/c1-11(9-18-6-4-3-5-7-18)8-15-21(19,20)12-10-17(2)16-13(12)14/h10-11,15H,3-9H2,1-2H3,(H2,14,16). The fourth-order valence-electron chi connectivity index (χ4n) is 2.67. The van der Waals surface area contributed by atoms with Crippen molar-refractivity contribution in [1.82, 2.24) is 19.4 Å². The van der Waals surface area contributed by atoms with E-state index >= 15 is 0 Å². The number of sulfonamides is 1. The van der Waals surface area contributed by atoms with Gasteiger partial charge in [0, 0.05) is 26.3 Å². The van der Waals surface area contributed by atoms with Crippen molar-refractivity contribution in [3.8, 4) is 0 Å². The molecule has 0 bridgehead atoms. The van der Waals surface area contributed by atoms with Crippen molar-refractivity contribution in [1.29, 1.82) is 0 Å². The van der Waals surface area contributed by atoms with Gasteiger partial charge in [-0.25, -0.2) is 13.1 Å². The van der Waals surface area contributed by atoms with Gasteiger partial charge in [0.25, 0.3) is 0 Å². The van der Waals surface area contributed by atoms with Crippen molar-refractivity contribution in [3.63, 3.8) is 0 Å². The lowest BCUT2D eigenvalue weighted by Gasteiger charge is -2.29. The molecule has 1 atom stereocenters. The Morgan fingerprint density at radius 3 is 2.62 bits per heavy atom. The summed E-state index contributed by atoms with van der Waals surface area (Å²) in [5, 5.41) is 3.87. The van der Waals surface area contributed by atoms with Crippen LogP contribution in [0.15, 0.2) is 11.1 Å². The lowest BCUT2D eigenvalue weighted by atomic mass is 10.1. The normalized spacial score (nSPS) is 18.8. The van der Waals surface area contributed by atoms with E-state index in [4.69, 9.17) is 5.73 Å². The van der Waals surface area contributed by atoms with Crippen molar-refractivity contribution in [2.75, 3.05) is 31.9 Å². The molecule has 0 spiro atoms. The quantitative estimate of drug-likeness (QED) is 0.793. The third-order valence-corrected chi connectivity index (χ3v) is 5.19. The van der Waals surface area contributed by atoms with Gasteiger partial charge >= 0.3 is 0 Å². The summed E-state index contributed by atoms with van der Waals surface area (Å²) in [4.78, 5) is 2.45. The largest absolute Gasteiger partial charge is 0.381 e. The molecule has 0 aromatic carbocycles. The van der Waals surface area contributed by atoms with Gasteiger partial charge in [0.2, 0.25) is 10.0 Å². The van der Waals surface area contributed by atoms with Crippen LogP contribution in [0, 0.1) is 5.92 Å². The highest BCUT2D eigenvalue weighted by Gasteiger charge is 2.22. The molecule has 1 aliphatic rings. The zero-order valence-corrected chi connectivity index (χ0v) is 13.6. The molecular formula is C13H25N5O2S. The molecule has 8 heteroatoms. The van der Waals surface area contributed by atoms with Crippen molar-refractivity contribution in [2.45, 2.75) is 31.1 Å². The van der Waals surface area contributed by atoms with E-state index in [1.807, 2.05) is 0 Å². The summed E-state index contributed by atoms with van der Waals surface area (Å²) in [5.74, 6) is 0.296. The van der Waals surface area contributed by atoms with Gasteiger partial charge in [0.15, 0.2) is 5.82 Å². The molecular weight excluding hydrogens is 290 g/mol. The Kier molecular flexibility index (Phi) is 5.23. The molecule has 2 heterocycles. The Hall–Kier alpha value is -1.12. The second-order valence-electron chi connectivity index (χ2n) is 5.87. The highest BCUT2D eigenvalue weighted by Crippen LogP contribution is 2.16. The topological polar surface area (TPSA) is 93.2 Å². The minimum atomic E-state index is -3.58. The first-order valence-electron chi connectivity index (χ1n) is 7.39. The van der Waals surface area contributed by atoms with E-state index in [2.05, 4.69) is 21.6 Å². The van der Waals surface area contributed by atoms with Crippen LogP contribution in [0.25, 0.3) is 0 Å². The molecule has 0 amide bonds. The second kappa shape index (κ2) is 6.76. The molecule has 0 radical (unpaired) electrons. The molecule has 1 aliphatic heterocycles. The average Bonchev–Trinajstić information content (AvgIpc) is 2.78. The maximum atomic E-state index is 12.2. The van der Waals surface area contributed by atoms with Gasteiger partial charge in [-0.05, 0) is 31.8 Å². The van der Waals surface area contributed by atoms with Crippen LogP contribution in [-0.4, -0.2) is 49.3 Å². The Balaban J connectivity index is 1.87. The van der Waals surface area contributed by atoms with Crippen LogP contribution in [0.1, 0.15) is 26.2 Å². The minimum Gasteiger partial charge on any atom is -0.381 e. The Morgan fingerprint density at radius 1 is 1.38 bits per heavy atom. The predicted octanol–water partition coefficient (Wildman–Crippen LogP) is 0.403. The van der Waals surface area contributed by atoms with Crippen molar-refractivity contribution < 1.29 is 8.42 Å². The molecule has 1 unspecified atom stereocenters. The molecule has 0 aliphatic carbocycles. The number of nitrogens with zero attached hydrogens (tertiary/aromatic N) is 3. The number of hydrogen-bond donors (Lipinski definition) is 2.